The monoisotopic (exact) mass is 578 g/mol. The Morgan fingerprint density at radius 1 is 1.02 bits per heavy atom. The fraction of sp³-hybridized carbons (Fsp3) is 0.241. The van der Waals surface area contributed by atoms with Gasteiger partial charge in [0.1, 0.15) is 5.82 Å². The molecule has 1 heterocycles. The SMILES string of the molecule is COc1ccc(C(=O)Nc2cccc(C#Cc3cc(C(=O)N=S(C)(=O)CCCCC(=O)O)cnc3N)c2)cc1OC. The van der Waals surface area contributed by atoms with Crippen LogP contribution in [0.3, 0.4) is 0 Å². The first kappa shape index (κ1) is 30.6. The van der Waals surface area contributed by atoms with Gasteiger partial charge in [0.05, 0.1) is 35.1 Å². The number of benzene rings is 2. The number of pyridine rings is 1. The highest BCUT2D eigenvalue weighted by Gasteiger charge is 2.13. The number of unbranched alkanes of at least 4 members (excludes halogenated alkanes) is 1. The van der Waals surface area contributed by atoms with Crippen LogP contribution in [0.4, 0.5) is 11.5 Å². The van der Waals surface area contributed by atoms with Gasteiger partial charge in [0.25, 0.3) is 11.8 Å². The second-order valence-corrected chi connectivity index (χ2v) is 11.4. The lowest BCUT2D eigenvalue weighted by molar-refractivity contribution is -0.137. The third kappa shape index (κ3) is 9.08. The average Bonchev–Trinajstić information content (AvgIpc) is 2.94. The Bertz CT molecular complexity index is 1650. The van der Waals surface area contributed by atoms with Crippen molar-refractivity contribution in [1.82, 2.24) is 4.98 Å². The van der Waals surface area contributed by atoms with Crippen LogP contribution in [0.25, 0.3) is 0 Å². The molecule has 2 aromatic carbocycles. The molecule has 0 bridgehead atoms. The van der Waals surface area contributed by atoms with Crippen LogP contribution in [0, 0.1) is 11.8 Å². The number of methoxy groups -OCH3 is 2. The number of hydrogen-bond acceptors (Lipinski definition) is 8. The molecule has 3 aromatic rings. The van der Waals surface area contributed by atoms with Gasteiger partial charge >= 0.3 is 5.97 Å². The van der Waals surface area contributed by atoms with E-state index < -0.39 is 21.6 Å². The third-order valence-electron chi connectivity index (χ3n) is 5.71. The summed E-state index contributed by atoms with van der Waals surface area (Å²) in [6, 6.07) is 13.1. The smallest absolute Gasteiger partial charge is 0.303 e. The van der Waals surface area contributed by atoms with Gasteiger partial charge in [0, 0.05) is 41.4 Å². The van der Waals surface area contributed by atoms with Crippen molar-refractivity contribution in [3.8, 4) is 23.3 Å². The lowest BCUT2D eigenvalue weighted by atomic mass is 10.1. The highest BCUT2D eigenvalue weighted by atomic mass is 32.2. The van der Waals surface area contributed by atoms with Crippen molar-refractivity contribution in [2.24, 2.45) is 4.36 Å². The van der Waals surface area contributed by atoms with E-state index in [2.05, 4.69) is 26.5 Å². The molecule has 1 unspecified atom stereocenters. The van der Waals surface area contributed by atoms with Gasteiger partial charge in [-0.1, -0.05) is 17.9 Å². The number of ether oxygens (including phenoxy) is 2. The molecule has 2 amide bonds. The Balaban J connectivity index is 1.75. The maximum atomic E-state index is 12.8. The summed E-state index contributed by atoms with van der Waals surface area (Å²) in [5.74, 6) is 4.93. The topological polar surface area (TPSA) is 170 Å². The predicted molar refractivity (Wildman–Crippen MR) is 156 cm³/mol. The summed E-state index contributed by atoms with van der Waals surface area (Å²) in [5, 5.41) is 11.5. The quantitative estimate of drug-likeness (QED) is 0.239. The number of carboxylic acid groups (broad SMARTS) is 1. The van der Waals surface area contributed by atoms with Crippen molar-refractivity contribution in [1.29, 1.82) is 0 Å². The van der Waals surface area contributed by atoms with E-state index in [9.17, 15) is 18.6 Å². The molecule has 41 heavy (non-hydrogen) atoms. The number of carbonyl (C=O) groups is 3. The van der Waals surface area contributed by atoms with E-state index >= 15 is 0 Å². The zero-order valence-corrected chi connectivity index (χ0v) is 23.6. The number of amides is 2. The van der Waals surface area contributed by atoms with Crippen molar-refractivity contribution in [3.05, 3.63) is 77.0 Å². The standard InChI is InChI=1S/C29H30N4O7S/c1-39-24-13-12-21(17-25(24)40-2)28(36)32-23-8-6-7-19(15-23)10-11-20-16-22(18-31-27(20)30)29(37)33-41(3,38)14-5-4-9-26(34)35/h6-8,12-13,15-18H,4-5,9,14H2,1-3H3,(H2,30,31)(H,32,36)(H,34,35). The summed E-state index contributed by atoms with van der Waals surface area (Å²) in [6.45, 7) is 0. The molecule has 4 N–H and O–H groups in total. The number of nitrogens with one attached hydrogen (secondary N) is 1. The van der Waals surface area contributed by atoms with E-state index in [1.165, 1.54) is 32.7 Å². The van der Waals surface area contributed by atoms with Gasteiger partial charge in [-0.3, -0.25) is 14.4 Å². The molecule has 0 spiro atoms. The number of aliphatic carboxylic acids is 1. The van der Waals surface area contributed by atoms with Crippen molar-refractivity contribution >= 4 is 39.0 Å². The molecule has 0 aliphatic rings. The maximum absolute atomic E-state index is 12.8. The molecule has 11 nitrogen and oxygen atoms in total. The van der Waals surface area contributed by atoms with Gasteiger partial charge in [-0.25, -0.2) is 9.19 Å². The summed E-state index contributed by atoms with van der Waals surface area (Å²) in [4.78, 5) is 40.1. The largest absolute Gasteiger partial charge is 0.493 e. The van der Waals surface area contributed by atoms with Gasteiger partial charge in [0.15, 0.2) is 11.5 Å². The van der Waals surface area contributed by atoms with E-state index in [-0.39, 0.29) is 35.0 Å². The summed E-state index contributed by atoms with van der Waals surface area (Å²) < 4.78 is 27.0. The molecule has 1 aromatic heterocycles. The normalized spacial score (nSPS) is 11.8. The number of nitrogens with zero attached hydrogens (tertiary/aromatic N) is 2. The minimum atomic E-state index is -2.86. The Morgan fingerprint density at radius 2 is 1.78 bits per heavy atom. The first-order chi connectivity index (χ1) is 19.5. The second kappa shape index (κ2) is 14.0. The van der Waals surface area contributed by atoms with Crippen LogP contribution in [0.5, 0.6) is 11.5 Å². The Kier molecular flexibility index (Phi) is 10.4. The number of hydrogen-bond donors (Lipinski definition) is 3. The number of carbonyl (C=O) groups excluding carboxylic acids is 2. The van der Waals surface area contributed by atoms with E-state index in [0.29, 0.717) is 41.2 Å². The average molecular weight is 579 g/mol. The molecule has 0 aliphatic heterocycles. The summed E-state index contributed by atoms with van der Waals surface area (Å²) in [5.41, 5.74) is 7.74. The second-order valence-electron chi connectivity index (χ2n) is 8.92. The van der Waals surface area contributed by atoms with Gasteiger partial charge < -0.3 is 25.6 Å². The molecular formula is C29H30N4O7S. The van der Waals surface area contributed by atoms with Gasteiger partial charge in [-0.15, -0.1) is 0 Å². The zero-order chi connectivity index (χ0) is 30.0. The van der Waals surface area contributed by atoms with Crippen molar-refractivity contribution in [3.63, 3.8) is 0 Å². The predicted octanol–water partition coefficient (Wildman–Crippen LogP) is 3.83. The third-order valence-corrected chi connectivity index (χ3v) is 7.31. The van der Waals surface area contributed by atoms with Crippen LogP contribution in [0.1, 0.15) is 51.1 Å². The Morgan fingerprint density at radius 3 is 2.49 bits per heavy atom. The van der Waals surface area contributed by atoms with Crippen LogP contribution in [0.15, 0.2) is 59.1 Å². The number of carboxylic acids is 1. The van der Waals surface area contributed by atoms with Crippen molar-refractivity contribution in [2.45, 2.75) is 19.3 Å². The minimum Gasteiger partial charge on any atom is -0.493 e. The van der Waals surface area contributed by atoms with Gasteiger partial charge in [-0.2, -0.15) is 4.36 Å². The van der Waals surface area contributed by atoms with Crippen molar-refractivity contribution in [2.75, 3.05) is 37.3 Å². The highest BCUT2D eigenvalue weighted by molar-refractivity contribution is 7.93. The number of anilines is 2. The highest BCUT2D eigenvalue weighted by Crippen LogP contribution is 2.28. The molecule has 12 heteroatoms. The van der Waals surface area contributed by atoms with Crippen molar-refractivity contribution < 1.29 is 33.2 Å². The number of nitrogen functional groups attached to an aromatic ring is 1. The first-order valence-electron chi connectivity index (χ1n) is 12.4. The number of aromatic nitrogens is 1. The van der Waals surface area contributed by atoms with Crippen LogP contribution in [0.2, 0.25) is 0 Å². The molecule has 0 saturated heterocycles. The molecule has 214 valence electrons. The minimum absolute atomic E-state index is 0.0411. The summed E-state index contributed by atoms with van der Waals surface area (Å²) in [6.07, 6.45) is 3.25. The number of rotatable bonds is 10. The lowest BCUT2D eigenvalue weighted by Gasteiger charge is -2.10. The molecule has 0 aliphatic carbocycles. The molecule has 0 saturated carbocycles. The van der Waals surface area contributed by atoms with Crippen LogP contribution < -0.4 is 20.5 Å². The van der Waals surface area contributed by atoms with E-state index in [4.69, 9.17) is 20.3 Å². The molecule has 3 rings (SSSR count). The summed E-state index contributed by atoms with van der Waals surface area (Å²) in [7, 11) is 0.138. The van der Waals surface area contributed by atoms with Crippen LogP contribution in [-0.2, 0) is 14.5 Å². The van der Waals surface area contributed by atoms with E-state index in [0.717, 1.165) is 0 Å². The summed E-state index contributed by atoms with van der Waals surface area (Å²) >= 11 is 0. The van der Waals surface area contributed by atoms with Gasteiger partial charge in [0.2, 0.25) is 0 Å². The molecule has 1 atom stereocenters. The van der Waals surface area contributed by atoms with Crippen LogP contribution >= 0.6 is 0 Å². The molecular weight excluding hydrogens is 548 g/mol. The van der Waals surface area contributed by atoms with E-state index in [1.807, 2.05) is 0 Å². The molecule has 0 radical (unpaired) electrons. The Labute approximate surface area is 238 Å². The first-order valence-corrected chi connectivity index (χ1v) is 14.5. The maximum Gasteiger partial charge on any atom is 0.303 e. The number of nitrogens with two attached hydrogens (primary N) is 1. The van der Waals surface area contributed by atoms with E-state index in [1.54, 1.807) is 42.5 Å². The fourth-order valence-electron chi connectivity index (χ4n) is 3.61. The molecule has 0 fully saturated rings. The van der Waals surface area contributed by atoms with Gasteiger partial charge in [-0.05, 0) is 55.3 Å². The van der Waals surface area contributed by atoms with Crippen LogP contribution in [-0.4, -0.2) is 58.3 Å². The fourth-order valence-corrected chi connectivity index (χ4v) is 4.89. The zero-order valence-electron chi connectivity index (χ0n) is 22.8. The lowest BCUT2D eigenvalue weighted by Crippen LogP contribution is -2.12. The Hall–Kier alpha value is -4.89.